The second-order valence-electron chi connectivity index (χ2n) is 8.70. The van der Waals surface area contributed by atoms with Crippen LogP contribution in [0.25, 0.3) is 22.4 Å². The molecule has 0 spiro atoms. The molecule has 0 bridgehead atoms. The number of methoxy groups -OCH3 is 3. The summed E-state index contributed by atoms with van der Waals surface area (Å²) in [6, 6.07) is 24.9. The fourth-order valence-electron chi connectivity index (χ4n) is 4.26. The zero-order valence-corrected chi connectivity index (χ0v) is 24.2. The second-order valence-corrected chi connectivity index (χ2v) is 9.79. The number of para-hydroxylation sites is 2. The van der Waals surface area contributed by atoms with Crippen LogP contribution >= 0.6 is 11.8 Å². The summed E-state index contributed by atoms with van der Waals surface area (Å²) in [5, 5.41) is 13.7. The third-order valence-electron chi connectivity index (χ3n) is 6.17. The zero-order chi connectivity index (χ0) is 29.2. The first-order valence-corrected chi connectivity index (χ1v) is 14.0. The molecular weight excluding hydrogens is 538 g/mol. The van der Waals surface area contributed by atoms with Crippen LogP contribution in [0.5, 0.6) is 23.0 Å². The number of carbonyl (C=O) groups is 1. The van der Waals surface area contributed by atoms with E-state index in [1.54, 1.807) is 27.4 Å². The van der Waals surface area contributed by atoms with Crippen LogP contribution in [0.1, 0.15) is 18.9 Å². The van der Waals surface area contributed by atoms with E-state index in [0.717, 1.165) is 5.56 Å². The van der Waals surface area contributed by atoms with E-state index < -0.39 is 0 Å². The van der Waals surface area contributed by atoms with E-state index in [4.69, 9.17) is 23.9 Å². The molecule has 0 aliphatic carbocycles. The number of amides is 1. The molecular formula is C32H31N3O5S. The van der Waals surface area contributed by atoms with Gasteiger partial charge in [0.25, 0.3) is 0 Å². The maximum absolute atomic E-state index is 12.8. The summed E-state index contributed by atoms with van der Waals surface area (Å²) in [6.45, 7) is 2.39. The van der Waals surface area contributed by atoms with Crippen molar-refractivity contribution >= 4 is 23.4 Å². The third-order valence-corrected chi connectivity index (χ3v) is 7.15. The van der Waals surface area contributed by atoms with Crippen LogP contribution in [0.2, 0.25) is 0 Å². The van der Waals surface area contributed by atoms with Crippen molar-refractivity contribution in [3.05, 3.63) is 78.4 Å². The molecule has 0 atom stereocenters. The Hall–Kier alpha value is -4.68. The number of rotatable bonds is 12. The lowest BCUT2D eigenvalue weighted by Gasteiger charge is -2.17. The molecule has 0 aliphatic rings. The summed E-state index contributed by atoms with van der Waals surface area (Å²) >= 11 is 1.36. The fourth-order valence-corrected chi connectivity index (χ4v) is 5.20. The van der Waals surface area contributed by atoms with Gasteiger partial charge >= 0.3 is 0 Å². The topological polar surface area (TPSA) is 103 Å². The monoisotopic (exact) mass is 569 g/mol. The smallest absolute Gasteiger partial charge is 0.225 e. The number of carbonyl (C=O) groups excluding carboxylic acids is 1. The highest BCUT2D eigenvalue weighted by Gasteiger charge is 2.20. The molecule has 0 aliphatic heterocycles. The van der Waals surface area contributed by atoms with Crippen molar-refractivity contribution in [2.75, 3.05) is 39.0 Å². The molecule has 0 unspecified atom stereocenters. The minimum atomic E-state index is -0.160. The quantitative estimate of drug-likeness (QED) is 0.185. The Morgan fingerprint density at radius 1 is 0.902 bits per heavy atom. The number of hydrogen-bond donors (Lipinski definition) is 1. The van der Waals surface area contributed by atoms with Crippen LogP contribution in [0, 0.1) is 11.3 Å². The Labute approximate surface area is 244 Å². The van der Waals surface area contributed by atoms with Crippen molar-refractivity contribution in [3.63, 3.8) is 0 Å². The molecule has 9 heteroatoms. The summed E-state index contributed by atoms with van der Waals surface area (Å²) in [6.07, 6.45) is 0.215. The summed E-state index contributed by atoms with van der Waals surface area (Å²) < 4.78 is 22.2. The lowest BCUT2D eigenvalue weighted by atomic mass is 9.98. The molecule has 0 saturated carbocycles. The molecule has 1 heterocycles. The SMILES string of the molecule is CCOc1ccccc1NC(=O)CCSc1nc(-c2ccccc2)cc(-c2cc(OC)c(OC)c(OC)c2)c1C#N. The Morgan fingerprint density at radius 3 is 2.22 bits per heavy atom. The number of anilines is 1. The van der Waals surface area contributed by atoms with Gasteiger partial charge in [-0.15, -0.1) is 11.8 Å². The van der Waals surface area contributed by atoms with Crippen LogP contribution in [-0.2, 0) is 4.79 Å². The Kier molecular flexibility index (Phi) is 10.1. The van der Waals surface area contributed by atoms with Gasteiger partial charge in [0.05, 0.1) is 44.9 Å². The van der Waals surface area contributed by atoms with Crippen molar-refractivity contribution in [2.24, 2.45) is 0 Å². The first-order valence-electron chi connectivity index (χ1n) is 13.0. The van der Waals surface area contributed by atoms with Crippen LogP contribution in [-0.4, -0.2) is 44.6 Å². The second kappa shape index (κ2) is 14.1. The lowest BCUT2D eigenvalue weighted by Crippen LogP contribution is -2.13. The first-order chi connectivity index (χ1) is 20.0. The molecule has 8 nitrogen and oxygen atoms in total. The minimum absolute atomic E-state index is 0.160. The molecule has 1 N–H and O–H groups in total. The number of hydrogen-bond acceptors (Lipinski definition) is 8. The summed E-state index contributed by atoms with van der Waals surface area (Å²) in [7, 11) is 4.64. The van der Waals surface area contributed by atoms with Gasteiger partial charge < -0.3 is 24.3 Å². The van der Waals surface area contributed by atoms with Gasteiger partial charge in [-0.05, 0) is 42.8 Å². The van der Waals surface area contributed by atoms with Gasteiger partial charge in [-0.2, -0.15) is 5.26 Å². The molecule has 3 aromatic carbocycles. The number of nitriles is 1. The molecule has 41 heavy (non-hydrogen) atoms. The standard InChI is InChI=1S/C32H31N3O5S/c1-5-40-27-14-10-9-13-25(27)34-30(36)15-16-41-32-24(20-33)23(19-26(35-32)21-11-7-6-8-12-21)22-17-28(37-2)31(39-4)29(18-22)38-3/h6-14,17-19H,5,15-16H2,1-4H3,(H,34,36). The number of thioether (sulfide) groups is 1. The van der Waals surface area contributed by atoms with Gasteiger partial charge in [0, 0.05) is 23.3 Å². The fraction of sp³-hybridized carbons (Fsp3) is 0.219. The molecule has 4 rings (SSSR count). The first kappa shape index (κ1) is 29.3. The van der Waals surface area contributed by atoms with E-state index >= 15 is 0 Å². The average molecular weight is 570 g/mol. The molecule has 0 fully saturated rings. The molecule has 0 radical (unpaired) electrons. The van der Waals surface area contributed by atoms with Gasteiger partial charge in [0.2, 0.25) is 11.7 Å². The molecule has 210 valence electrons. The van der Waals surface area contributed by atoms with E-state index in [9.17, 15) is 10.1 Å². The predicted octanol–water partition coefficient (Wildman–Crippen LogP) is 6.83. The maximum atomic E-state index is 12.8. The number of benzene rings is 3. The van der Waals surface area contributed by atoms with E-state index in [-0.39, 0.29) is 12.3 Å². The van der Waals surface area contributed by atoms with Crippen molar-refractivity contribution in [1.29, 1.82) is 5.26 Å². The van der Waals surface area contributed by atoms with E-state index in [1.165, 1.54) is 11.8 Å². The number of nitrogens with one attached hydrogen (secondary N) is 1. The highest BCUT2D eigenvalue weighted by molar-refractivity contribution is 7.99. The minimum Gasteiger partial charge on any atom is -0.493 e. The van der Waals surface area contributed by atoms with Gasteiger partial charge in [-0.1, -0.05) is 42.5 Å². The van der Waals surface area contributed by atoms with E-state index in [1.807, 2.05) is 73.7 Å². The normalized spacial score (nSPS) is 10.4. The number of nitrogens with zero attached hydrogens (tertiary/aromatic N) is 2. The summed E-state index contributed by atoms with van der Waals surface area (Å²) in [5.41, 5.74) is 3.99. The Morgan fingerprint density at radius 2 is 1.59 bits per heavy atom. The molecule has 1 amide bonds. The van der Waals surface area contributed by atoms with Crippen LogP contribution in [0.15, 0.2) is 77.8 Å². The number of aromatic nitrogens is 1. The largest absolute Gasteiger partial charge is 0.493 e. The van der Waals surface area contributed by atoms with Crippen molar-refractivity contribution < 1.29 is 23.7 Å². The van der Waals surface area contributed by atoms with Gasteiger partial charge in [-0.3, -0.25) is 4.79 Å². The third kappa shape index (κ3) is 6.91. The van der Waals surface area contributed by atoms with Gasteiger partial charge in [-0.25, -0.2) is 4.98 Å². The van der Waals surface area contributed by atoms with Gasteiger partial charge in [0.1, 0.15) is 16.8 Å². The summed E-state index contributed by atoms with van der Waals surface area (Å²) in [4.78, 5) is 17.6. The van der Waals surface area contributed by atoms with Gasteiger partial charge in [0.15, 0.2) is 11.5 Å². The molecule has 4 aromatic rings. The van der Waals surface area contributed by atoms with E-state index in [2.05, 4.69) is 11.4 Å². The summed E-state index contributed by atoms with van der Waals surface area (Å²) in [5.74, 6) is 2.28. The Balaban J connectivity index is 1.68. The molecule has 1 aromatic heterocycles. The van der Waals surface area contributed by atoms with Crippen LogP contribution in [0.4, 0.5) is 5.69 Å². The van der Waals surface area contributed by atoms with Crippen LogP contribution in [0.3, 0.4) is 0 Å². The zero-order valence-electron chi connectivity index (χ0n) is 23.4. The number of pyridine rings is 1. The maximum Gasteiger partial charge on any atom is 0.225 e. The van der Waals surface area contributed by atoms with E-state index in [0.29, 0.717) is 68.5 Å². The van der Waals surface area contributed by atoms with Crippen LogP contribution < -0.4 is 24.3 Å². The molecule has 0 saturated heterocycles. The highest BCUT2D eigenvalue weighted by Crippen LogP contribution is 2.43. The Bertz CT molecular complexity index is 1530. The highest BCUT2D eigenvalue weighted by atomic mass is 32.2. The lowest BCUT2D eigenvalue weighted by molar-refractivity contribution is -0.115. The van der Waals surface area contributed by atoms with Crippen molar-refractivity contribution in [2.45, 2.75) is 18.4 Å². The van der Waals surface area contributed by atoms with Crippen molar-refractivity contribution in [1.82, 2.24) is 4.98 Å². The average Bonchev–Trinajstić information content (AvgIpc) is 3.01. The predicted molar refractivity (Wildman–Crippen MR) is 161 cm³/mol. The number of ether oxygens (including phenoxy) is 4. The van der Waals surface area contributed by atoms with Crippen molar-refractivity contribution in [3.8, 4) is 51.5 Å².